The SMILES string of the molecule is CCC(F)(F)OCc1ccccc1-n1cccn1. The van der Waals surface area contributed by atoms with Crippen LogP contribution in [0.5, 0.6) is 0 Å². The van der Waals surface area contributed by atoms with Crippen LogP contribution in [0.3, 0.4) is 0 Å². The molecule has 0 aliphatic heterocycles. The second-order valence-electron chi connectivity index (χ2n) is 3.86. The number of benzene rings is 1. The first-order valence-corrected chi connectivity index (χ1v) is 5.72. The van der Waals surface area contributed by atoms with Crippen LogP contribution < -0.4 is 0 Å². The maximum absolute atomic E-state index is 13.1. The highest BCUT2D eigenvalue weighted by molar-refractivity contribution is 5.39. The lowest BCUT2D eigenvalue weighted by Crippen LogP contribution is -2.19. The summed E-state index contributed by atoms with van der Waals surface area (Å²) >= 11 is 0. The topological polar surface area (TPSA) is 27.1 Å². The van der Waals surface area contributed by atoms with Crippen molar-refractivity contribution >= 4 is 0 Å². The van der Waals surface area contributed by atoms with Crippen molar-refractivity contribution in [2.24, 2.45) is 0 Å². The molecule has 0 saturated heterocycles. The van der Waals surface area contributed by atoms with Crippen LogP contribution >= 0.6 is 0 Å². The van der Waals surface area contributed by atoms with Crippen molar-refractivity contribution in [1.82, 2.24) is 9.78 Å². The van der Waals surface area contributed by atoms with E-state index in [1.807, 2.05) is 12.1 Å². The molecule has 0 bridgehead atoms. The minimum Gasteiger partial charge on any atom is -0.316 e. The summed E-state index contributed by atoms with van der Waals surface area (Å²) in [6, 6.07) is 8.96. The summed E-state index contributed by atoms with van der Waals surface area (Å²) in [6.45, 7) is 1.25. The van der Waals surface area contributed by atoms with Crippen molar-refractivity contribution < 1.29 is 13.5 Å². The summed E-state index contributed by atoms with van der Waals surface area (Å²) in [6.07, 6.45) is -0.0246. The molecule has 1 aromatic heterocycles. The smallest absolute Gasteiger partial charge is 0.316 e. The highest BCUT2D eigenvalue weighted by Crippen LogP contribution is 2.23. The zero-order chi connectivity index (χ0) is 13.0. The van der Waals surface area contributed by atoms with E-state index in [2.05, 4.69) is 9.84 Å². The van der Waals surface area contributed by atoms with Crippen molar-refractivity contribution in [2.45, 2.75) is 26.1 Å². The largest absolute Gasteiger partial charge is 0.355 e. The molecule has 96 valence electrons. The number of ether oxygens (including phenoxy) is 1. The molecule has 2 rings (SSSR count). The van der Waals surface area contributed by atoms with Gasteiger partial charge in [0.2, 0.25) is 0 Å². The van der Waals surface area contributed by atoms with Gasteiger partial charge in [0.05, 0.1) is 12.3 Å². The lowest BCUT2D eigenvalue weighted by atomic mass is 10.2. The molecule has 0 amide bonds. The van der Waals surface area contributed by atoms with Crippen molar-refractivity contribution in [3.63, 3.8) is 0 Å². The third-order valence-electron chi connectivity index (χ3n) is 2.59. The Morgan fingerprint density at radius 3 is 2.72 bits per heavy atom. The Bertz CT molecular complexity index is 497. The molecule has 0 saturated carbocycles. The number of aromatic nitrogens is 2. The van der Waals surface area contributed by atoms with Gasteiger partial charge in [0, 0.05) is 24.4 Å². The molecule has 0 radical (unpaired) electrons. The molecule has 5 heteroatoms. The summed E-state index contributed by atoms with van der Waals surface area (Å²) in [5.41, 5.74) is 1.42. The molecular formula is C13H14F2N2O. The van der Waals surface area contributed by atoms with Gasteiger partial charge in [0.25, 0.3) is 0 Å². The Kier molecular flexibility index (Phi) is 3.72. The van der Waals surface area contributed by atoms with Crippen LogP contribution in [0.1, 0.15) is 18.9 Å². The van der Waals surface area contributed by atoms with E-state index in [-0.39, 0.29) is 13.0 Å². The summed E-state index contributed by atoms with van der Waals surface area (Å²) in [7, 11) is 0. The Morgan fingerprint density at radius 1 is 1.28 bits per heavy atom. The van der Waals surface area contributed by atoms with Crippen LogP contribution in [0.2, 0.25) is 0 Å². The Morgan fingerprint density at radius 2 is 2.06 bits per heavy atom. The summed E-state index contributed by atoms with van der Waals surface area (Å²) < 4.78 is 32.4. The van der Waals surface area contributed by atoms with Crippen molar-refractivity contribution in [1.29, 1.82) is 0 Å². The van der Waals surface area contributed by atoms with Gasteiger partial charge >= 0.3 is 6.11 Å². The summed E-state index contributed by atoms with van der Waals surface area (Å²) in [5.74, 6) is 0. The Balaban J connectivity index is 2.19. The van der Waals surface area contributed by atoms with Gasteiger partial charge in [0.15, 0.2) is 0 Å². The van der Waals surface area contributed by atoms with E-state index in [1.165, 1.54) is 6.92 Å². The van der Waals surface area contributed by atoms with Gasteiger partial charge in [-0.15, -0.1) is 0 Å². The maximum atomic E-state index is 13.1. The molecule has 0 spiro atoms. The van der Waals surface area contributed by atoms with Crippen LogP contribution in [-0.2, 0) is 11.3 Å². The number of para-hydroxylation sites is 1. The standard InChI is InChI=1S/C13H14F2N2O/c1-2-13(14,15)18-10-11-6-3-4-7-12(11)17-9-5-8-16-17/h3-9H,2,10H2,1H3. The predicted octanol–water partition coefficient (Wildman–Crippen LogP) is 3.39. The number of nitrogens with zero attached hydrogens (tertiary/aromatic N) is 2. The van der Waals surface area contributed by atoms with E-state index in [4.69, 9.17) is 0 Å². The molecular weight excluding hydrogens is 238 g/mol. The number of hydrogen-bond acceptors (Lipinski definition) is 2. The van der Waals surface area contributed by atoms with Crippen LogP contribution in [0.15, 0.2) is 42.7 Å². The number of alkyl halides is 2. The first-order chi connectivity index (χ1) is 8.62. The average molecular weight is 252 g/mol. The van der Waals surface area contributed by atoms with Gasteiger partial charge < -0.3 is 4.74 Å². The van der Waals surface area contributed by atoms with Gasteiger partial charge in [-0.3, -0.25) is 0 Å². The Labute approximate surface area is 104 Å². The fourth-order valence-corrected chi connectivity index (χ4v) is 1.55. The fourth-order valence-electron chi connectivity index (χ4n) is 1.55. The molecule has 0 aliphatic carbocycles. The van der Waals surface area contributed by atoms with E-state index < -0.39 is 6.11 Å². The van der Waals surface area contributed by atoms with Gasteiger partial charge in [-0.2, -0.15) is 13.9 Å². The van der Waals surface area contributed by atoms with Crippen LogP contribution in [0.25, 0.3) is 5.69 Å². The zero-order valence-corrected chi connectivity index (χ0v) is 10.0. The molecule has 1 aromatic carbocycles. The Hall–Kier alpha value is -1.75. The summed E-state index contributed by atoms with van der Waals surface area (Å²) in [5, 5.41) is 4.09. The molecule has 3 nitrogen and oxygen atoms in total. The average Bonchev–Trinajstić information content (AvgIpc) is 2.91. The molecule has 1 heterocycles. The lowest BCUT2D eigenvalue weighted by Gasteiger charge is -2.16. The molecule has 0 N–H and O–H groups in total. The van der Waals surface area contributed by atoms with Gasteiger partial charge in [-0.1, -0.05) is 25.1 Å². The molecule has 18 heavy (non-hydrogen) atoms. The first-order valence-electron chi connectivity index (χ1n) is 5.72. The third kappa shape index (κ3) is 2.92. The predicted molar refractivity (Wildman–Crippen MR) is 63.6 cm³/mol. The summed E-state index contributed by atoms with van der Waals surface area (Å²) in [4.78, 5) is 0. The molecule has 0 unspecified atom stereocenters. The highest BCUT2D eigenvalue weighted by Gasteiger charge is 2.27. The van der Waals surface area contributed by atoms with Crippen molar-refractivity contribution in [3.05, 3.63) is 48.3 Å². The van der Waals surface area contributed by atoms with Crippen LogP contribution in [0, 0.1) is 0 Å². The molecule has 0 fully saturated rings. The van der Waals surface area contributed by atoms with Crippen LogP contribution in [-0.4, -0.2) is 15.9 Å². The van der Waals surface area contributed by atoms with Crippen molar-refractivity contribution in [3.8, 4) is 5.69 Å². The highest BCUT2D eigenvalue weighted by atomic mass is 19.3. The maximum Gasteiger partial charge on any atom is 0.355 e. The van der Waals surface area contributed by atoms with E-state index in [9.17, 15) is 8.78 Å². The van der Waals surface area contributed by atoms with Crippen molar-refractivity contribution in [2.75, 3.05) is 0 Å². The molecule has 0 aliphatic rings. The number of hydrogen-bond donors (Lipinski definition) is 0. The lowest BCUT2D eigenvalue weighted by molar-refractivity contribution is -0.246. The van der Waals surface area contributed by atoms with Gasteiger partial charge in [-0.25, -0.2) is 4.68 Å². The normalized spacial score (nSPS) is 11.7. The third-order valence-corrected chi connectivity index (χ3v) is 2.59. The zero-order valence-electron chi connectivity index (χ0n) is 10.0. The minimum absolute atomic E-state index is 0.142. The van der Waals surface area contributed by atoms with E-state index in [1.54, 1.807) is 35.3 Å². The fraction of sp³-hybridized carbons (Fsp3) is 0.308. The second kappa shape index (κ2) is 5.27. The van der Waals surface area contributed by atoms with Crippen LogP contribution in [0.4, 0.5) is 8.78 Å². The second-order valence-corrected chi connectivity index (χ2v) is 3.86. The monoisotopic (exact) mass is 252 g/mol. The van der Waals surface area contributed by atoms with Gasteiger partial charge in [0.1, 0.15) is 0 Å². The minimum atomic E-state index is -3.09. The van der Waals surface area contributed by atoms with E-state index in [0.717, 1.165) is 5.69 Å². The molecule has 2 aromatic rings. The quantitative estimate of drug-likeness (QED) is 0.815. The van der Waals surface area contributed by atoms with E-state index >= 15 is 0 Å². The number of halogens is 2. The van der Waals surface area contributed by atoms with E-state index in [0.29, 0.717) is 5.56 Å². The number of rotatable bonds is 5. The van der Waals surface area contributed by atoms with Gasteiger partial charge in [-0.05, 0) is 12.1 Å². The first kappa shape index (κ1) is 12.7. The molecule has 0 atom stereocenters.